The summed E-state index contributed by atoms with van der Waals surface area (Å²) >= 11 is 1.02. The molecule has 5 heterocycles. The predicted molar refractivity (Wildman–Crippen MR) is 131 cm³/mol. The summed E-state index contributed by atoms with van der Waals surface area (Å²) in [4.78, 5) is 51.2. The molecule has 1 N–H and O–H groups in total. The molecule has 0 spiro atoms. The fourth-order valence-electron chi connectivity index (χ4n) is 4.31. The van der Waals surface area contributed by atoms with Crippen molar-refractivity contribution in [2.24, 2.45) is 14.1 Å². The second kappa shape index (κ2) is 9.30. The number of halogens is 3. The monoisotopic (exact) mass is 550 g/mol. The summed E-state index contributed by atoms with van der Waals surface area (Å²) in [6.45, 7) is 1.77. The number of fused-ring (bicyclic) bond motifs is 1. The van der Waals surface area contributed by atoms with E-state index in [1.165, 1.54) is 42.0 Å². The van der Waals surface area contributed by atoms with Crippen LogP contribution in [0.3, 0.4) is 0 Å². The second-order valence-electron chi connectivity index (χ2n) is 8.77. The van der Waals surface area contributed by atoms with Gasteiger partial charge in [0.2, 0.25) is 17.0 Å². The maximum Gasteiger partial charge on any atom is 0.408 e. The summed E-state index contributed by atoms with van der Waals surface area (Å²) < 4.78 is 43.3. The molecule has 0 saturated carbocycles. The molecule has 0 aromatic carbocycles. The van der Waals surface area contributed by atoms with Gasteiger partial charge in [0.05, 0.1) is 6.33 Å². The molecule has 13 nitrogen and oxygen atoms in total. The number of amides is 1. The van der Waals surface area contributed by atoms with Crippen LogP contribution < -0.4 is 21.5 Å². The Labute approximate surface area is 215 Å². The van der Waals surface area contributed by atoms with E-state index in [0.29, 0.717) is 17.0 Å². The van der Waals surface area contributed by atoms with Gasteiger partial charge in [-0.1, -0.05) is 11.3 Å². The molecular formula is C21H21F3N10O3S. The van der Waals surface area contributed by atoms with Gasteiger partial charge in [-0.2, -0.15) is 13.2 Å². The van der Waals surface area contributed by atoms with Gasteiger partial charge < -0.3 is 9.47 Å². The number of hydrogen-bond acceptors (Lipinski definition) is 10. The largest absolute Gasteiger partial charge is 0.408 e. The van der Waals surface area contributed by atoms with Crippen LogP contribution in [-0.2, 0) is 18.9 Å². The van der Waals surface area contributed by atoms with E-state index in [1.54, 1.807) is 6.92 Å². The van der Waals surface area contributed by atoms with Crippen LogP contribution in [0.5, 0.6) is 0 Å². The number of alkyl halides is 3. The summed E-state index contributed by atoms with van der Waals surface area (Å²) in [7, 11) is 2.82. The topological polar surface area (TPSA) is 146 Å². The van der Waals surface area contributed by atoms with E-state index < -0.39 is 35.4 Å². The predicted octanol–water partition coefficient (Wildman–Crippen LogP) is 1.47. The Bertz CT molecular complexity index is 1640. The average Bonchev–Trinajstić information content (AvgIpc) is 3.65. The van der Waals surface area contributed by atoms with E-state index in [2.05, 4.69) is 30.5 Å². The molecule has 0 bridgehead atoms. The van der Waals surface area contributed by atoms with E-state index in [1.807, 2.05) is 0 Å². The van der Waals surface area contributed by atoms with Gasteiger partial charge in [-0.3, -0.25) is 24.0 Å². The van der Waals surface area contributed by atoms with Crippen LogP contribution in [0.1, 0.15) is 25.8 Å². The van der Waals surface area contributed by atoms with Gasteiger partial charge in [-0.15, -0.1) is 10.2 Å². The molecule has 4 aromatic rings. The Morgan fingerprint density at radius 1 is 1.13 bits per heavy atom. The zero-order valence-electron chi connectivity index (χ0n) is 20.3. The van der Waals surface area contributed by atoms with Crippen molar-refractivity contribution in [2.75, 3.05) is 16.8 Å². The van der Waals surface area contributed by atoms with E-state index in [9.17, 15) is 27.6 Å². The fraction of sp³-hybridized carbons (Fsp3) is 0.429. The molecule has 2 atom stereocenters. The molecule has 200 valence electrons. The van der Waals surface area contributed by atoms with Crippen molar-refractivity contribution in [3.63, 3.8) is 0 Å². The van der Waals surface area contributed by atoms with Gasteiger partial charge in [-0.05, 0) is 19.8 Å². The molecule has 0 aliphatic carbocycles. The number of anilines is 2. The number of aryl methyl sites for hydroxylation is 1. The van der Waals surface area contributed by atoms with E-state index >= 15 is 0 Å². The van der Waals surface area contributed by atoms with Gasteiger partial charge in [-0.25, -0.2) is 19.7 Å². The van der Waals surface area contributed by atoms with Crippen LogP contribution >= 0.6 is 11.3 Å². The minimum absolute atomic E-state index is 0.00590. The number of nitrogens with zero attached hydrogens (tertiary/aromatic N) is 9. The first kappa shape index (κ1) is 25.5. The highest BCUT2D eigenvalue weighted by atomic mass is 32.1. The molecule has 5 rings (SSSR count). The minimum Gasteiger partial charge on any atom is -0.329 e. The number of hydrogen-bond donors (Lipinski definition) is 1. The molecule has 17 heteroatoms. The zero-order valence-corrected chi connectivity index (χ0v) is 21.1. The Kier molecular flexibility index (Phi) is 6.24. The quantitative estimate of drug-likeness (QED) is 0.390. The lowest BCUT2D eigenvalue weighted by Gasteiger charge is -2.26. The summed E-state index contributed by atoms with van der Waals surface area (Å²) in [5, 5.41) is 11.1. The molecule has 0 radical (unpaired) electrons. The maximum absolute atomic E-state index is 13.3. The first-order chi connectivity index (χ1) is 18.0. The fourth-order valence-corrected chi connectivity index (χ4v) is 5.03. The standard InChI is InChI=1S/C21H21F3N10O3S/c1-10(34-9-27-14-13(34)17(36)32(3)20(37)31(14)2)15(35)28-19-30-29-16(38-19)11-7-25-18(26-8-11)33-6-4-5-12(33)21(22,23)24/h7-10,12H,4-6H2,1-3H3,(H,28,30,35). The Morgan fingerprint density at radius 2 is 1.84 bits per heavy atom. The van der Waals surface area contributed by atoms with Crippen molar-refractivity contribution in [3.05, 3.63) is 39.6 Å². The first-order valence-corrected chi connectivity index (χ1v) is 12.2. The third kappa shape index (κ3) is 4.31. The summed E-state index contributed by atoms with van der Waals surface area (Å²) in [6, 6.07) is -2.50. The lowest BCUT2D eigenvalue weighted by atomic mass is 10.2. The van der Waals surface area contributed by atoms with Gasteiger partial charge in [0.1, 0.15) is 12.1 Å². The first-order valence-electron chi connectivity index (χ1n) is 11.4. The van der Waals surface area contributed by atoms with Crippen molar-refractivity contribution in [3.8, 4) is 10.6 Å². The van der Waals surface area contributed by atoms with Gasteiger partial charge >= 0.3 is 11.9 Å². The van der Waals surface area contributed by atoms with Crippen LogP contribution in [0.2, 0.25) is 0 Å². The third-order valence-corrected chi connectivity index (χ3v) is 7.29. The minimum atomic E-state index is -4.37. The molecule has 1 fully saturated rings. The molecule has 1 amide bonds. The van der Waals surface area contributed by atoms with Gasteiger partial charge in [0, 0.05) is 38.6 Å². The third-order valence-electron chi connectivity index (χ3n) is 6.40. The Hall–Kier alpha value is -4.15. The highest BCUT2D eigenvalue weighted by Crippen LogP contribution is 2.35. The summed E-state index contributed by atoms with van der Waals surface area (Å²) in [5.41, 5.74) is -0.457. The number of nitrogens with one attached hydrogen (secondary N) is 1. The van der Waals surface area contributed by atoms with E-state index in [-0.39, 0.29) is 35.2 Å². The second-order valence-corrected chi connectivity index (χ2v) is 9.75. The number of carbonyl (C=O) groups is 1. The molecule has 1 aliphatic heterocycles. The SMILES string of the molecule is CC(C(=O)Nc1nnc(-c2cnc(N3CCCC3C(F)(F)F)nc2)s1)n1cnc2c1c(=O)n(C)c(=O)n2C. The average molecular weight is 551 g/mol. The van der Waals surface area contributed by atoms with Gasteiger partial charge in [0.25, 0.3) is 5.56 Å². The highest BCUT2D eigenvalue weighted by Gasteiger charge is 2.46. The number of carbonyl (C=O) groups excluding carboxylic acids is 1. The van der Waals surface area contributed by atoms with Crippen LogP contribution in [0.15, 0.2) is 28.3 Å². The summed E-state index contributed by atoms with van der Waals surface area (Å²) in [6.07, 6.45) is 0.0578. The normalized spacial score (nSPS) is 16.8. The Morgan fingerprint density at radius 3 is 2.53 bits per heavy atom. The van der Waals surface area contributed by atoms with Crippen LogP contribution in [0, 0.1) is 0 Å². The molecule has 1 saturated heterocycles. The van der Waals surface area contributed by atoms with Crippen LogP contribution in [0.25, 0.3) is 21.7 Å². The molecule has 38 heavy (non-hydrogen) atoms. The molecule has 1 aliphatic rings. The Balaban J connectivity index is 1.32. The van der Waals surface area contributed by atoms with Crippen molar-refractivity contribution >= 4 is 39.5 Å². The molecule has 2 unspecified atom stereocenters. The maximum atomic E-state index is 13.3. The zero-order chi connectivity index (χ0) is 27.4. The van der Waals surface area contributed by atoms with Gasteiger partial charge in [0.15, 0.2) is 16.2 Å². The lowest BCUT2D eigenvalue weighted by molar-refractivity contribution is -0.146. The van der Waals surface area contributed by atoms with Crippen LogP contribution in [0.4, 0.5) is 24.3 Å². The smallest absolute Gasteiger partial charge is 0.329 e. The van der Waals surface area contributed by atoms with Crippen molar-refractivity contribution in [1.82, 2.24) is 38.9 Å². The van der Waals surface area contributed by atoms with E-state index in [4.69, 9.17) is 0 Å². The summed E-state index contributed by atoms with van der Waals surface area (Å²) in [5.74, 6) is -0.529. The van der Waals surface area contributed by atoms with E-state index in [0.717, 1.165) is 20.8 Å². The molecule has 4 aromatic heterocycles. The van der Waals surface area contributed by atoms with Crippen molar-refractivity contribution in [2.45, 2.75) is 38.0 Å². The number of rotatable bonds is 5. The number of imidazole rings is 1. The van der Waals surface area contributed by atoms with Crippen molar-refractivity contribution < 1.29 is 18.0 Å². The van der Waals surface area contributed by atoms with Crippen molar-refractivity contribution in [1.29, 1.82) is 0 Å². The molecular weight excluding hydrogens is 529 g/mol. The van der Waals surface area contributed by atoms with Crippen LogP contribution in [-0.4, -0.2) is 63.5 Å². The number of aromatic nitrogens is 8. The highest BCUT2D eigenvalue weighted by molar-refractivity contribution is 7.18. The lowest BCUT2D eigenvalue weighted by Crippen LogP contribution is -2.42.